The first-order valence-electron chi connectivity index (χ1n) is 9.41. The number of benzene rings is 1. The lowest BCUT2D eigenvalue weighted by atomic mass is 10.1. The smallest absolute Gasteiger partial charge is 0.244 e. The predicted molar refractivity (Wildman–Crippen MR) is 106 cm³/mol. The Hall–Kier alpha value is -2.89. The molecule has 1 aromatic heterocycles. The highest BCUT2D eigenvalue weighted by Crippen LogP contribution is 2.21. The molecule has 2 amide bonds. The molecule has 0 aliphatic carbocycles. The van der Waals surface area contributed by atoms with E-state index in [4.69, 9.17) is 0 Å². The highest BCUT2D eigenvalue weighted by atomic mass is 16.2. The number of carbonyl (C=O) groups is 2. The van der Waals surface area contributed by atoms with Crippen molar-refractivity contribution in [1.82, 2.24) is 9.88 Å². The van der Waals surface area contributed by atoms with Crippen LogP contribution in [0.15, 0.2) is 48.8 Å². The van der Waals surface area contributed by atoms with E-state index >= 15 is 0 Å². The van der Waals surface area contributed by atoms with Crippen LogP contribution in [-0.2, 0) is 16.1 Å². The number of anilines is 2. The minimum absolute atomic E-state index is 0.0120. The molecule has 0 bridgehead atoms. The number of hydrogen-bond donors (Lipinski definition) is 1. The molecular weight excluding hydrogens is 340 g/mol. The van der Waals surface area contributed by atoms with Gasteiger partial charge in [-0.2, -0.15) is 0 Å². The number of aromatic nitrogens is 1. The fraction of sp³-hybridized carbons (Fsp3) is 0.381. The van der Waals surface area contributed by atoms with Gasteiger partial charge in [-0.1, -0.05) is 6.07 Å². The molecule has 1 saturated heterocycles. The van der Waals surface area contributed by atoms with E-state index in [0.29, 0.717) is 6.54 Å². The first-order valence-corrected chi connectivity index (χ1v) is 9.41. The third-order valence-electron chi connectivity index (χ3n) is 4.75. The molecule has 2 heterocycles. The van der Waals surface area contributed by atoms with Crippen LogP contribution in [0.2, 0.25) is 0 Å². The molecule has 3 rings (SSSR count). The molecule has 1 aromatic carbocycles. The molecule has 6 nitrogen and oxygen atoms in total. The maximum absolute atomic E-state index is 12.4. The molecule has 1 aliphatic heterocycles. The summed E-state index contributed by atoms with van der Waals surface area (Å²) in [5.41, 5.74) is 2.83. The van der Waals surface area contributed by atoms with Crippen molar-refractivity contribution in [1.29, 1.82) is 0 Å². The van der Waals surface area contributed by atoms with Gasteiger partial charge in [0.2, 0.25) is 11.8 Å². The quantitative estimate of drug-likeness (QED) is 0.853. The molecule has 6 heteroatoms. The molecule has 2 aromatic rings. The van der Waals surface area contributed by atoms with E-state index in [0.717, 1.165) is 24.3 Å². The van der Waals surface area contributed by atoms with Crippen molar-refractivity contribution in [3.8, 4) is 0 Å². The highest BCUT2D eigenvalue weighted by molar-refractivity contribution is 5.94. The Morgan fingerprint density at radius 3 is 2.48 bits per heavy atom. The maximum Gasteiger partial charge on any atom is 0.244 e. The molecule has 0 saturated carbocycles. The number of amides is 2. The minimum atomic E-state index is -0.209. The van der Waals surface area contributed by atoms with Gasteiger partial charge in [0.05, 0.1) is 0 Å². The molecule has 27 heavy (non-hydrogen) atoms. The van der Waals surface area contributed by atoms with Crippen LogP contribution in [0.3, 0.4) is 0 Å². The van der Waals surface area contributed by atoms with Crippen molar-refractivity contribution in [2.45, 2.75) is 32.7 Å². The van der Waals surface area contributed by atoms with Gasteiger partial charge in [0.25, 0.3) is 0 Å². The second-order valence-electron chi connectivity index (χ2n) is 6.88. The number of hydrogen-bond acceptors (Lipinski definition) is 4. The summed E-state index contributed by atoms with van der Waals surface area (Å²) in [6.45, 7) is 4.03. The number of rotatable bonds is 6. The fourth-order valence-electron chi connectivity index (χ4n) is 3.27. The summed E-state index contributed by atoms with van der Waals surface area (Å²) in [7, 11) is 0. The summed E-state index contributed by atoms with van der Waals surface area (Å²) in [5, 5.41) is 2.88. The highest BCUT2D eigenvalue weighted by Gasteiger charge is 2.15. The molecule has 1 aliphatic rings. The van der Waals surface area contributed by atoms with Gasteiger partial charge in [-0.15, -0.1) is 0 Å². The van der Waals surface area contributed by atoms with Crippen LogP contribution >= 0.6 is 0 Å². The summed E-state index contributed by atoms with van der Waals surface area (Å²) in [4.78, 5) is 32.2. The Bertz CT molecular complexity index is 756. The molecule has 0 atom stereocenters. The number of nitrogens with zero attached hydrogens (tertiary/aromatic N) is 3. The zero-order valence-electron chi connectivity index (χ0n) is 15.7. The zero-order chi connectivity index (χ0) is 19.1. The number of pyridine rings is 1. The third-order valence-corrected chi connectivity index (χ3v) is 4.75. The van der Waals surface area contributed by atoms with Gasteiger partial charge < -0.3 is 15.1 Å². The van der Waals surface area contributed by atoms with Crippen LogP contribution in [0.5, 0.6) is 0 Å². The molecule has 0 spiro atoms. The molecule has 1 N–H and O–H groups in total. The van der Waals surface area contributed by atoms with Crippen molar-refractivity contribution in [2.75, 3.05) is 29.9 Å². The van der Waals surface area contributed by atoms with Gasteiger partial charge in [-0.05, 0) is 55.2 Å². The van der Waals surface area contributed by atoms with E-state index in [2.05, 4.69) is 15.2 Å². The normalized spacial score (nSPS) is 13.9. The number of nitrogens with one attached hydrogen (secondary N) is 1. The van der Waals surface area contributed by atoms with Crippen molar-refractivity contribution in [3.05, 3.63) is 54.4 Å². The molecule has 1 fully saturated rings. The topological polar surface area (TPSA) is 65.5 Å². The maximum atomic E-state index is 12.4. The van der Waals surface area contributed by atoms with E-state index < -0.39 is 0 Å². The van der Waals surface area contributed by atoms with Crippen molar-refractivity contribution in [3.63, 3.8) is 0 Å². The SMILES string of the molecule is CC(=O)N(CC(=O)Nc1ccc(N2CCCCC2)cc1)Cc1cccnc1. The van der Waals surface area contributed by atoms with Crippen molar-refractivity contribution in [2.24, 2.45) is 0 Å². The average Bonchev–Trinajstić information content (AvgIpc) is 2.69. The second-order valence-corrected chi connectivity index (χ2v) is 6.88. The van der Waals surface area contributed by atoms with Crippen LogP contribution in [-0.4, -0.2) is 41.3 Å². The number of piperidine rings is 1. The lowest BCUT2D eigenvalue weighted by Gasteiger charge is -2.28. The lowest BCUT2D eigenvalue weighted by Crippen LogP contribution is -2.36. The summed E-state index contributed by atoms with van der Waals surface area (Å²) < 4.78 is 0. The first-order chi connectivity index (χ1) is 13.1. The van der Waals surface area contributed by atoms with Gasteiger partial charge in [0.1, 0.15) is 6.54 Å². The summed E-state index contributed by atoms with van der Waals surface area (Å²) in [6.07, 6.45) is 7.15. The van der Waals surface area contributed by atoms with Crippen LogP contribution in [0.25, 0.3) is 0 Å². The number of carbonyl (C=O) groups excluding carboxylic acids is 2. The molecule has 142 valence electrons. The van der Waals surface area contributed by atoms with Crippen LogP contribution < -0.4 is 10.2 Å². The standard InChI is InChI=1S/C21H26N4O2/c1-17(26)25(15-18-6-5-11-22-14-18)16-21(27)23-19-7-9-20(10-8-19)24-12-3-2-4-13-24/h5-11,14H,2-4,12-13,15-16H2,1H3,(H,23,27). The van der Waals surface area contributed by atoms with Gasteiger partial charge in [0.15, 0.2) is 0 Å². The van der Waals surface area contributed by atoms with Gasteiger partial charge in [-0.25, -0.2) is 0 Å². The fourth-order valence-corrected chi connectivity index (χ4v) is 3.27. The van der Waals surface area contributed by atoms with Crippen molar-refractivity contribution < 1.29 is 9.59 Å². The Balaban J connectivity index is 1.56. The van der Waals surface area contributed by atoms with Gasteiger partial charge >= 0.3 is 0 Å². The van der Waals surface area contributed by atoms with Crippen LogP contribution in [0.1, 0.15) is 31.7 Å². The second kappa shape index (κ2) is 9.16. The Morgan fingerprint density at radius 2 is 1.85 bits per heavy atom. The average molecular weight is 366 g/mol. The van der Waals surface area contributed by atoms with Gasteiger partial charge in [-0.3, -0.25) is 14.6 Å². The largest absolute Gasteiger partial charge is 0.372 e. The summed E-state index contributed by atoms with van der Waals surface area (Å²) >= 11 is 0. The van der Waals surface area contributed by atoms with Crippen LogP contribution in [0.4, 0.5) is 11.4 Å². The van der Waals surface area contributed by atoms with E-state index in [1.807, 2.05) is 36.4 Å². The zero-order valence-corrected chi connectivity index (χ0v) is 15.7. The monoisotopic (exact) mass is 366 g/mol. The van der Waals surface area contributed by atoms with Crippen molar-refractivity contribution >= 4 is 23.2 Å². The molecule has 0 radical (unpaired) electrons. The predicted octanol–water partition coefficient (Wildman–Crippen LogP) is 3.06. The lowest BCUT2D eigenvalue weighted by molar-refractivity contribution is -0.133. The van der Waals surface area contributed by atoms with Crippen LogP contribution in [0, 0.1) is 0 Å². The Labute approximate surface area is 160 Å². The van der Waals surface area contributed by atoms with E-state index in [1.165, 1.54) is 36.8 Å². The van der Waals surface area contributed by atoms with E-state index in [1.54, 1.807) is 12.4 Å². The third kappa shape index (κ3) is 5.54. The van der Waals surface area contributed by atoms with E-state index in [9.17, 15) is 9.59 Å². The molecule has 0 unspecified atom stereocenters. The Morgan fingerprint density at radius 1 is 1.11 bits per heavy atom. The summed E-state index contributed by atoms with van der Waals surface area (Å²) in [5.74, 6) is -0.353. The summed E-state index contributed by atoms with van der Waals surface area (Å²) in [6, 6.07) is 11.6. The van der Waals surface area contributed by atoms with E-state index in [-0.39, 0.29) is 18.4 Å². The molecular formula is C21H26N4O2. The Kier molecular flexibility index (Phi) is 6.41. The first kappa shape index (κ1) is 18.9. The van der Waals surface area contributed by atoms with Gasteiger partial charge in [0, 0.05) is 50.3 Å². The minimum Gasteiger partial charge on any atom is -0.372 e.